The average molecular weight is 331 g/mol. The summed E-state index contributed by atoms with van der Waals surface area (Å²) in [5.74, 6) is 1.73. The molecule has 1 N–H and O–H groups in total. The van der Waals surface area contributed by atoms with Gasteiger partial charge in [0.2, 0.25) is 0 Å². The summed E-state index contributed by atoms with van der Waals surface area (Å²) in [6.07, 6.45) is 5.60. The lowest BCUT2D eigenvalue weighted by Crippen LogP contribution is -2.29. The molecule has 0 saturated heterocycles. The molecule has 2 atom stereocenters. The van der Waals surface area contributed by atoms with Crippen LogP contribution in [0.5, 0.6) is 0 Å². The van der Waals surface area contributed by atoms with Crippen LogP contribution in [0.15, 0.2) is 22.7 Å². The van der Waals surface area contributed by atoms with Crippen molar-refractivity contribution in [1.82, 2.24) is 5.32 Å². The number of hydrogen-bond donors (Lipinski definition) is 1. The van der Waals surface area contributed by atoms with Crippen molar-refractivity contribution in [1.29, 1.82) is 0 Å². The van der Waals surface area contributed by atoms with E-state index in [1.807, 2.05) is 12.1 Å². The van der Waals surface area contributed by atoms with E-state index >= 15 is 0 Å². The number of rotatable bonds is 4. The molecule has 3 heteroatoms. The van der Waals surface area contributed by atoms with Gasteiger partial charge < -0.3 is 5.32 Å². The fourth-order valence-corrected chi connectivity index (χ4v) is 3.20. The lowest BCUT2D eigenvalue weighted by Gasteiger charge is -2.28. The van der Waals surface area contributed by atoms with Crippen LogP contribution in [0.2, 0.25) is 5.02 Å². The summed E-state index contributed by atoms with van der Waals surface area (Å²) < 4.78 is 0.966. The Labute approximate surface area is 123 Å². The molecule has 0 bridgehead atoms. The first kappa shape index (κ1) is 14.4. The molecule has 0 heterocycles. The van der Waals surface area contributed by atoms with Crippen LogP contribution in [0.3, 0.4) is 0 Å². The maximum Gasteiger partial charge on any atom is 0.0551 e. The van der Waals surface area contributed by atoms with E-state index in [0.29, 0.717) is 0 Å². The molecule has 1 fully saturated rings. The smallest absolute Gasteiger partial charge is 0.0551 e. The first-order valence-corrected chi connectivity index (χ1v) is 7.98. The Morgan fingerprint density at radius 3 is 2.83 bits per heavy atom. The molecule has 2 rings (SSSR count). The predicted molar refractivity (Wildman–Crippen MR) is 82.0 cm³/mol. The average Bonchev–Trinajstić information content (AvgIpc) is 2.36. The van der Waals surface area contributed by atoms with Crippen molar-refractivity contribution in [3.8, 4) is 0 Å². The van der Waals surface area contributed by atoms with Gasteiger partial charge in [-0.05, 0) is 58.4 Å². The van der Waals surface area contributed by atoms with Gasteiger partial charge in [-0.2, -0.15) is 0 Å². The van der Waals surface area contributed by atoms with Gasteiger partial charge in [-0.1, -0.05) is 43.9 Å². The van der Waals surface area contributed by atoms with Gasteiger partial charge in [0.25, 0.3) is 0 Å². The van der Waals surface area contributed by atoms with Gasteiger partial charge in [-0.3, -0.25) is 0 Å². The number of benzene rings is 1. The zero-order valence-corrected chi connectivity index (χ0v) is 13.2. The van der Waals surface area contributed by atoms with Crippen LogP contribution >= 0.6 is 27.5 Å². The van der Waals surface area contributed by atoms with Gasteiger partial charge in [-0.15, -0.1) is 0 Å². The van der Waals surface area contributed by atoms with Crippen molar-refractivity contribution in [3.05, 3.63) is 33.3 Å². The third-order valence-corrected chi connectivity index (χ3v) is 5.24. The third-order valence-electron chi connectivity index (χ3n) is 4.01. The van der Waals surface area contributed by atoms with Crippen LogP contribution in [0.1, 0.15) is 38.2 Å². The summed E-state index contributed by atoms with van der Waals surface area (Å²) in [7, 11) is 0. The highest BCUT2D eigenvalue weighted by Crippen LogP contribution is 2.29. The van der Waals surface area contributed by atoms with Gasteiger partial charge in [0.15, 0.2) is 0 Å². The Hall–Kier alpha value is -0.0500. The molecule has 0 aromatic heterocycles. The van der Waals surface area contributed by atoms with Gasteiger partial charge in [-0.25, -0.2) is 0 Å². The van der Waals surface area contributed by atoms with Crippen molar-refractivity contribution in [3.63, 3.8) is 0 Å². The Balaban J connectivity index is 1.79. The van der Waals surface area contributed by atoms with Crippen LogP contribution in [0.4, 0.5) is 0 Å². The van der Waals surface area contributed by atoms with Gasteiger partial charge >= 0.3 is 0 Å². The van der Waals surface area contributed by atoms with Crippen molar-refractivity contribution < 1.29 is 0 Å². The summed E-state index contributed by atoms with van der Waals surface area (Å²) in [5.41, 5.74) is 1.26. The van der Waals surface area contributed by atoms with Crippen molar-refractivity contribution in [2.75, 3.05) is 6.54 Å². The largest absolute Gasteiger partial charge is 0.312 e. The minimum absolute atomic E-state index is 0.792. The van der Waals surface area contributed by atoms with Crippen LogP contribution in [0.25, 0.3) is 0 Å². The van der Waals surface area contributed by atoms with E-state index in [0.717, 1.165) is 34.4 Å². The second-order valence-corrected chi connectivity index (χ2v) is 6.66. The number of nitrogens with one attached hydrogen (secondary N) is 1. The molecule has 100 valence electrons. The minimum atomic E-state index is 0.792. The van der Waals surface area contributed by atoms with Crippen molar-refractivity contribution >= 4 is 27.5 Å². The van der Waals surface area contributed by atoms with E-state index in [9.17, 15) is 0 Å². The fraction of sp³-hybridized carbons (Fsp3) is 0.600. The summed E-state index contributed by atoms with van der Waals surface area (Å²) in [4.78, 5) is 0. The first-order chi connectivity index (χ1) is 8.66. The summed E-state index contributed by atoms with van der Waals surface area (Å²) >= 11 is 9.51. The molecule has 1 aromatic carbocycles. The van der Waals surface area contributed by atoms with Crippen molar-refractivity contribution in [2.24, 2.45) is 11.8 Å². The summed E-state index contributed by atoms with van der Waals surface area (Å²) in [6, 6.07) is 6.17. The van der Waals surface area contributed by atoms with Crippen LogP contribution < -0.4 is 5.32 Å². The molecule has 1 aromatic rings. The van der Waals surface area contributed by atoms with E-state index in [4.69, 9.17) is 11.6 Å². The molecule has 0 amide bonds. The number of halogens is 2. The van der Waals surface area contributed by atoms with Crippen molar-refractivity contribution in [2.45, 2.75) is 39.2 Å². The lowest BCUT2D eigenvalue weighted by atomic mass is 9.80. The molecule has 18 heavy (non-hydrogen) atoms. The normalized spacial score (nSPS) is 24.2. The lowest BCUT2D eigenvalue weighted by molar-refractivity contribution is 0.247. The molecule has 0 radical (unpaired) electrons. The molecule has 0 spiro atoms. The topological polar surface area (TPSA) is 12.0 Å². The second kappa shape index (κ2) is 6.93. The zero-order valence-electron chi connectivity index (χ0n) is 10.9. The molecular weight excluding hydrogens is 310 g/mol. The second-order valence-electron chi connectivity index (χ2n) is 5.40. The van der Waals surface area contributed by atoms with E-state index in [2.05, 4.69) is 34.2 Å². The van der Waals surface area contributed by atoms with Crippen LogP contribution in [-0.4, -0.2) is 6.54 Å². The third kappa shape index (κ3) is 3.97. The molecule has 2 unspecified atom stereocenters. The summed E-state index contributed by atoms with van der Waals surface area (Å²) in [6.45, 7) is 4.44. The zero-order chi connectivity index (χ0) is 13.0. The summed E-state index contributed by atoms with van der Waals surface area (Å²) in [5, 5.41) is 4.37. The van der Waals surface area contributed by atoms with E-state index in [1.165, 1.54) is 31.2 Å². The Morgan fingerprint density at radius 1 is 1.33 bits per heavy atom. The van der Waals surface area contributed by atoms with E-state index in [1.54, 1.807) is 0 Å². The molecule has 1 saturated carbocycles. The highest BCUT2D eigenvalue weighted by molar-refractivity contribution is 9.10. The van der Waals surface area contributed by atoms with Crippen LogP contribution in [-0.2, 0) is 6.54 Å². The van der Waals surface area contributed by atoms with Crippen LogP contribution in [0, 0.1) is 11.8 Å². The highest BCUT2D eigenvalue weighted by atomic mass is 79.9. The maximum atomic E-state index is 6.09. The Bertz CT molecular complexity index is 394. The molecule has 1 aliphatic rings. The molecule has 0 aliphatic heterocycles. The molecule has 1 aliphatic carbocycles. The quantitative estimate of drug-likeness (QED) is 0.817. The molecule has 1 nitrogen and oxygen atoms in total. The highest BCUT2D eigenvalue weighted by Gasteiger charge is 2.20. The Kier molecular flexibility index (Phi) is 5.53. The first-order valence-electron chi connectivity index (χ1n) is 6.81. The maximum absolute atomic E-state index is 6.09. The van der Waals surface area contributed by atoms with E-state index in [-0.39, 0.29) is 0 Å². The van der Waals surface area contributed by atoms with Gasteiger partial charge in [0.05, 0.1) is 5.02 Å². The fourth-order valence-electron chi connectivity index (χ4n) is 2.75. The molecular formula is C15H21BrClN. The standard InChI is InChI=1S/C15H21BrClN/c1-11-4-2-3-5-13(11)10-18-9-12-6-7-14(16)15(17)8-12/h6-8,11,13,18H,2-5,9-10H2,1H3. The predicted octanol–water partition coefficient (Wildman–Crippen LogP) is 5.02. The van der Waals surface area contributed by atoms with Gasteiger partial charge in [0.1, 0.15) is 0 Å². The van der Waals surface area contributed by atoms with Gasteiger partial charge in [0, 0.05) is 11.0 Å². The van der Waals surface area contributed by atoms with E-state index < -0.39 is 0 Å². The Morgan fingerprint density at radius 2 is 2.11 bits per heavy atom. The SMILES string of the molecule is CC1CCCCC1CNCc1ccc(Br)c(Cl)c1. The minimum Gasteiger partial charge on any atom is -0.312 e. The monoisotopic (exact) mass is 329 g/mol. The number of hydrogen-bond acceptors (Lipinski definition) is 1.